The van der Waals surface area contributed by atoms with Gasteiger partial charge in [0.2, 0.25) is 0 Å². The average Bonchev–Trinajstić information content (AvgIpc) is 2.02. The highest BCUT2D eigenvalue weighted by molar-refractivity contribution is 5.87. The van der Waals surface area contributed by atoms with Crippen LogP contribution in [-0.2, 0) is 9.53 Å². The van der Waals surface area contributed by atoms with Crippen LogP contribution in [0.4, 0.5) is 17.6 Å². The zero-order valence-corrected chi connectivity index (χ0v) is 8.61. The Morgan fingerprint density at radius 2 is 1.73 bits per heavy atom. The van der Waals surface area contributed by atoms with Crippen LogP contribution in [0.2, 0.25) is 0 Å². The van der Waals surface area contributed by atoms with Gasteiger partial charge in [0.15, 0.2) is 5.60 Å². The van der Waals surface area contributed by atoms with Gasteiger partial charge in [0, 0.05) is 5.57 Å². The Bertz CT molecular complexity index is 271. The zero-order valence-electron chi connectivity index (χ0n) is 8.61. The van der Waals surface area contributed by atoms with E-state index in [1.54, 1.807) is 0 Å². The number of esters is 1. The first kappa shape index (κ1) is 13.9. The topological polar surface area (TPSA) is 26.3 Å². The molecule has 0 aromatic heterocycles. The normalized spacial score (nSPS) is 12.8. The lowest BCUT2D eigenvalue weighted by Gasteiger charge is -2.32. The van der Waals surface area contributed by atoms with Crippen LogP contribution in [0, 0.1) is 0 Å². The highest BCUT2D eigenvalue weighted by Crippen LogP contribution is 2.37. The minimum absolute atomic E-state index is 0.131. The van der Waals surface area contributed by atoms with Gasteiger partial charge in [-0.3, -0.25) is 0 Å². The Kier molecular flexibility index (Phi) is 3.90. The second-order valence-electron chi connectivity index (χ2n) is 3.60. The van der Waals surface area contributed by atoms with Gasteiger partial charge in [-0.1, -0.05) is 6.58 Å². The van der Waals surface area contributed by atoms with Crippen molar-refractivity contribution in [2.24, 2.45) is 0 Å². The number of carbonyl (C=O) groups is 1. The zero-order chi connectivity index (χ0) is 12.4. The monoisotopic (exact) mass is 228 g/mol. The van der Waals surface area contributed by atoms with Gasteiger partial charge in [-0.05, 0) is 20.8 Å². The fourth-order valence-corrected chi connectivity index (χ4v) is 0.650. The summed E-state index contributed by atoms with van der Waals surface area (Å²) in [6.45, 7) is 5.84. The number of rotatable bonds is 4. The quantitative estimate of drug-likeness (QED) is 0.420. The predicted molar refractivity (Wildman–Crippen MR) is 45.9 cm³/mol. The van der Waals surface area contributed by atoms with Gasteiger partial charge in [0.25, 0.3) is 0 Å². The summed E-state index contributed by atoms with van der Waals surface area (Å²) in [6, 6.07) is 0. The first-order valence-electron chi connectivity index (χ1n) is 4.07. The van der Waals surface area contributed by atoms with E-state index < -0.39 is 23.9 Å². The smallest absolute Gasteiger partial charge is 0.345 e. The van der Waals surface area contributed by atoms with Crippen molar-refractivity contribution < 1.29 is 27.1 Å². The summed E-state index contributed by atoms with van der Waals surface area (Å²) >= 11 is 0. The molecule has 0 unspecified atom stereocenters. The molecule has 0 aromatic rings. The predicted octanol–water partition coefficient (Wildman–Crippen LogP) is 2.78. The molecule has 0 amide bonds. The van der Waals surface area contributed by atoms with Gasteiger partial charge < -0.3 is 4.74 Å². The van der Waals surface area contributed by atoms with Crippen LogP contribution in [0.25, 0.3) is 0 Å². The van der Waals surface area contributed by atoms with E-state index in [1.165, 1.54) is 6.92 Å². The molecule has 15 heavy (non-hydrogen) atoms. The Morgan fingerprint density at radius 3 is 2.00 bits per heavy atom. The van der Waals surface area contributed by atoms with Gasteiger partial charge in [0.05, 0.1) is 0 Å². The summed E-state index contributed by atoms with van der Waals surface area (Å²) in [4.78, 5) is 10.9. The lowest BCUT2D eigenvalue weighted by molar-refractivity contribution is -0.240. The molecule has 0 aliphatic carbocycles. The fourth-order valence-electron chi connectivity index (χ4n) is 0.650. The van der Waals surface area contributed by atoms with Crippen LogP contribution in [-0.4, -0.2) is 23.9 Å². The Morgan fingerprint density at radius 1 is 1.33 bits per heavy atom. The van der Waals surface area contributed by atoms with Gasteiger partial charge in [-0.2, -0.15) is 8.78 Å². The van der Waals surface area contributed by atoms with Crippen molar-refractivity contribution in [3.8, 4) is 0 Å². The molecule has 0 bridgehead atoms. The molecule has 0 heterocycles. The van der Waals surface area contributed by atoms with Crippen molar-refractivity contribution in [2.45, 2.75) is 38.7 Å². The van der Waals surface area contributed by atoms with E-state index >= 15 is 0 Å². The standard InChI is InChI=1S/C9H12F4O2/c1-5(2)6(14)15-8(3,4)9(12,13)7(10)11/h7H,1H2,2-4H3. The van der Waals surface area contributed by atoms with Crippen molar-refractivity contribution in [3.05, 3.63) is 12.2 Å². The van der Waals surface area contributed by atoms with E-state index in [1.807, 2.05) is 0 Å². The number of hydrogen-bond acceptors (Lipinski definition) is 2. The van der Waals surface area contributed by atoms with Crippen molar-refractivity contribution in [3.63, 3.8) is 0 Å². The van der Waals surface area contributed by atoms with Crippen LogP contribution in [0.1, 0.15) is 20.8 Å². The van der Waals surface area contributed by atoms with E-state index in [4.69, 9.17) is 0 Å². The molecular formula is C9H12F4O2. The van der Waals surface area contributed by atoms with Gasteiger partial charge >= 0.3 is 18.3 Å². The van der Waals surface area contributed by atoms with Gasteiger partial charge in [-0.15, -0.1) is 0 Å². The van der Waals surface area contributed by atoms with Gasteiger partial charge in [-0.25, -0.2) is 13.6 Å². The summed E-state index contributed by atoms with van der Waals surface area (Å²) < 4.78 is 54.0. The van der Waals surface area contributed by atoms with Crippen LogP contribution in [0.5, 0.6) is 0 Å². The van der Waals surface area contributed by atoms with E-state index in [2.05, 4.69) is 11.3 Å². The summed E-state index contributed by atoms with van der Waals surface area (Å²) in [5.41, 5.74) is -2.70. The number of carbonyl (C=O) groups excluding carboxylic acids is 1. The van der Waals surface area contributed by atoms with Crippen molar-refractivity contribution in [1.29, 1.82) is 0 Å². The average molecular weight is 228 g/mol. The summed E-state index contributed by atoms with van der Waals surface area (Å²) in [5, 5.41) is 0. The number of hydrogen-bond donors (Lipinski definition) is 0. The third kappa shape index (κ3) is 2.94. The first-order chi connectivity index (χ1) is 6.52. The summed E-state index contributed by atoms with van der Waals surface area (Å²) in [5.74, 6) is -5.53. The molecule has 0 aliphatic rings. The molecule has 0 N–H and O–H groups in total. The van der Waals surface area contributed by atoms with Crippen LogP contribution >= 0.6 is 0 Å². The maximum atomic E-state index is 12.9. The molecule has 0 rings (SSSR count). The van der Waals surface area contributed by atoms with Crippen molar-refractivity contribution in [1.82, 2.24) is 0 Å². The second-order valence-corrected chi connectivity index (χ2v) is 3.60. The Labute approximate surface area is 84.9 Å². The molecule has 0 saturated carbocycles. The molecule has 2 nitrogen and oxygen atoms in total. The minimum Gasteiger partial charge on any atom is -0.450 e. The van der Waals surface area contributed by atoms with E-state index in [9.17, 15) is 22.4 Å². The summed E-state index contributed by atoms with van der Waals surface area (Å²) in [6.07, 6.45) is -3.90. The van der Waals surface area contributed by atoms with Crippen molar-refractivity contribution >= 4 is 5.97 Å². The lowest BCUT2D eigenvalue weighted by atomic mass is 10.0. The fraction of sp³-hybridized carbons (Fsp3) is 0.667. The van der Waals surface area contributed by atoms with Gasteiger partial charge in [0.1, 0.15) is 0 Å². The number of ether oxygens (including phenoxy) is 1. The lowest BCUT2D eigenvalue weighted by Crippen LogP contribution is -2.51. The largest absolute Gasteiger partial charge is 0.450 e. The maximum Gasteiger partial charge on any atom is 0.345 e. The molecule has 0 atom stereocenters. The van der Waals surface area contributed by atoms with E-state index in [0.717, 1.165) is 13.8 Å². The molecule has 0 spiro atoms. The number of alkyl halides is 4. The van der Waals surface area contributed by atoms with E-state index in [-0.39, 0.29) is 5.57 Å². The number of halogens is 4. The van der Waals surface area contributed by atoms with Crippen LogP contribution in [0.3, 0.4) is 0 Å². The molecule has 0 aliphatic heterocycles. The van der Waals surface area contributed by atoms with E-state index in [0.29, 0.717) is 0 Å². The maximum absolute atomic E-state index is 12.9. The molecule has 6 heteroatoms. The summed E-state index contributed by atoms with van der Waals surface area (Å²) in [7, 11) is 0. The molecule has 0 fully saturated rings. The third-order valence-electron chi connectivity index (χ3n) is 1.77. The molecular weight excluding hydrogens is 216 g/mol. The SMILES string of the molecule is C=C(C)C(=O)OC(C)(C)C(F)(F)C(F)F. The van der Waals surface area contributed by atoms with Crippen LogP contribution < -0.4 is 0 Å². The second kappa shape index (κ2) is 4.20. The minimum atomic E-state index is -4.40. The third-order valence-corrected chi connectivity index (χ3v) is 1.77. The van der Waals surface area contributed by atoms with Crippen LogP contribution in [0.15, 0.2) is 12.2 Å². The Hall–Kier alpha value is -1.07. The highest BCUT2D eigenvalue weighted by Gasteiger charge is 2.57. The highest BCUT2D eigenvalue weighted by atomic mass is 19.3. The first-order valence-corrected chi connectivity index (χ1v) is 4.07. The molecule has 0 aromatic carbocycles. The molecule has 88 valence electrons. The molecule has 0 radical (unpaired) electrons. The Balaban J connectivity index is 4.83. The van der Waals surface area contributed by atoms with Crippen molar-refractivity contribution in [2.75, 3.05) is 0 Å². The molecule has 0 saturated heterocycles.